The van der Waals surface area contributed by atoms with E-state index in [1.165, 1.54) is 0 Å². The first kappa shape index (κ1) is 13.2. The van der Waals surface area contributed by atoms with Crippen molar-refractivity contribution in [1.29, 1.82) is 0 Å². The number of carbonyl (C=O) groups excluding carboxylic acids is 1. The van der Waals surface area contributed by atoms with E-state index in [-0.39, 0.29) is 12.5 Å². The van der Waals surface area contributed by atoms with Crippen molar-refractivity contribution < 1.29 is 4.79 Å². The van der Waals surface area contributed by atoms with E-state index in [9.17, 15) is 4.79 Å². The second-order valence-electron chi connectivity index (χ2n) is 4.82. The van der Waals surface area contributed by atoms with Crippen LogP contribution in [0.5, 0.6) is 0 Å². The molecule has 6 nitrogen and oxygen atoms in total. The smallest absolute Gasteiger partial charge is 0.242 e. The Balaban J connectivity index is 1.62. The van der Waals surface area contributed by atoms with Crippen LogP contribution in [-0.2, 0) is 17.9 Å². The molecular formula is C15H15N5O. The summed E-state index contributed by atoms with van der Waals surface area (Å²) < 4.78 is 1.60. The monoisotopic (exact) mass is 281 g/mol. The highest BCUT2D eigenvalue weighted by Crippen LogP contribution is 2.09. The second kappa shape index (κ2) is 5.70. The SMILES string of the molecule is Cc1ccc(CNC(=O)Cn2nnc3ccccc32)cn1. The summed E-state index contributed by atoms with van der Waals surface area (Å²) in [6, 6.07) is 11.4. The quantitative estimate of drug-likeness (QED) is 0.785. The highest BCUT2D eigenvalue weighted by Gasteiger charge is 2.08. The van der Waals surface area contributed by atoms with Crippen molar-refractivity contribution in [3.8, 4) is 0 Å². The normalized spacial score (nSPS) is 10.7. The van der Waals surface area contributed by atoms with E-state index in [2.05, 4.69) is 20.6 Å². The van der Waals surface area contributed by atoms with Gasteiger partial charge in [-0.1, -0.05) is 23.4 Å². The zero-order valence-corrected chi connectivity index (χ0v) is 11.7. The molecule has 0 radical (unpaired) electrons. The summed E-state index contributed by atoms with van der Waals surface area (Å²) in [4.78, 5) is 16.2. The van der Waals surface area contributed by atoms with Gasteiger partial charge in [-0.15, -0.1) is 5.10 Å². The highest BCUT2D eigenvalue weighted by molar-refractivity contribution is 5.79. The number of nitrogens with zero attached hydrogens (tertiary/aromatic N) is 4. The van der Waals surface area contributed by atoms with Crippen LogP contribution in [0.4, 0.5) is 0 Å². The molecule has 6 heteroatoms. The van der Waals surface area contributed by atoms with E-state index in [4.69, 9.17) is 0 Å². The third kappa shape index (κ3) is 3.05. The molecule has 1 amide bonds. The van der Waals surface area contributed by atoms with Crippen LogP contribution in [0.1, 0.15) is 11.3 Å². The number of fused-ring (bicyclic) bond motifs is 1. The summed E-state index contributed by atoms with van der Waals surface area (Å²) in [5.74, 6) is -0.105. The third-order valence-corrected chi connectivity index (χ3v) is 3.18. The maximum atomic E-state index is 12.0. The van der Waals surface area contributed by atoms with Gasteiger partial charge in [0.25, 0.3) is 0 Å². The Morgan fingerprint density at radius 2 is 2.10 bits per heavy atom. The number of para-hydroxylation sites is 1. The average molecular weight is 281 g/mol. The van der Waals surface area contributed by atoms with Gasteiger partial charge in [0.2, 0.25) is 5.91 Å². The number of aryl methyl sites for hydroxylation is 1. The van der Waals surface area contributed by atoms with Gasteiger partial charge in [0.15, 0.2) is 0 Å². The minimum absolute atomic E-state index is 0.105. The van der Waals surface area contributed by atoms with Crippen molar-refractivity contribution >= 4 is 16.9 Å². The number of pyridine rings is 1. The number of aromatic nitrogens is 4. The summed E-state index contributed by atoms with van der Waals surface area (Å²) in [5.41, 5.74) is 3.56. The van der Waals surface area contributed by atoms with Gasteiger partial charge in [0.1, 0.15) is 12.1 Å². The summed E-state index contributed by atoms with van der Waals surface area (Å²) >= 11 is 0. The predicted octanol–water partition coefficient (Wildman–Crippen LogP) is 1.45. The Bertz CT molecular complexity index is 763. The molecule has 0 fully saturated rings. The number of carbonyl (C=O) groups is 1. The van der Waals surface area contributed by atoms with E-state index in [1.807, 2.05) is 43.3 Å². The van der Waals surface area contributed by atoms with Gasteiger partial charge in [-0.3, -0.25) is 9.78 Å². The Morgan fingerprint density at radius 1 is 1.24 bits per heavy atom. The zero-order valence-electron chi connectivity index (χ0n) is 11.7. The van der Waals surface area contributed by atoms with Crippen LogP contribution in [-0.4, -0.2) is 25.9 Å². The van der Waals surface area contributed by atoms with Crippen molar-refractivity contribution in [1.82, 2.24) is 25.3 Å². The topological polar surface area (TPSA) is 72.7 Å². The fraction of sp³-hybridized carbons (Fsp3) is 0.200. The van der Waals surface area contributed by atoms with Crippen LogP contribution in [0, 0.1) is 6.92 Å². The zero-order chi connectivity index (χ0) is 14.7. The first-order valence-electron chi connectivity index (χ1n) is 6.69. The molecule has 2 heterocycles. The van der Waals surface area contributed by atoms with Crippen molar-refractivity contribution in [2.75, 3.05) is 0 Å². The Kier molecular flexibility index (Phi) is 3.59. The molecule has 106 valence electrons. The molecule has 0 saturated heterocycles. The van der Waals surface area contributed by atoms with Crippen LogP contribution < -0.4 is 5.32 Å². The lowest BCUT2D eigenvalue weighted by atomic mass is 10.2. The van der Waals surface area contributed by atoms with E-state index in [0.717, 1.165) is 22.3 Å². The van der Waals surface area contributed by atoms with Crippen LogP contribution in [0.15, 0.2) is 42.6 Å². The molecule has 0 spiro atoms. The van der Waals surface area contributed by atoms with Gasteiger partial charge >= 0.3 is 0 Å². The van der Waals surface area contributed by atoms with Gasteiger partial charge in [-0.25, -0.2) is 4.68 Å². The van der Waals surface area contributed by atoms with Crippen LogP contribution in [0.2, 0.25) is 0 Å². The first-order chi connectivity index (χ1) is 10.2. The van der Waals surface area contributed by atoms with Gasteiger partial charge in [0.05, 0.1) is 5.52 Å². The molecule has 1 aromatic carbocycles. The molecule has 1 N–H and O–H groups in total. The van der Waals surface area contributed by atoms with E-state index in [1.54, 1.807) is 10.9 Å². The molecular weight excluding hydrogens is 266 g/mol. The van der Waals surface area contributed by atoms with Gasteiger partial charge in [-0.05, 0) is 30.7 Å². The van der Waals surface area contributed by atoms with Crippen LogP contribution >= 0.6 is 0 Å². The fourth-order valence-electron chi connectivity index (χ4n) is 2.03. The van der Waals surface area contributed by atoms with Gasteiger partial charge in [-0.2, -0.15) is 0 Å². The van der Waals surface area contributed by atoms with Crippen molar-refractivity contribution in [2.45, 2.75) is 20.0 Å². The van der Waals surface area contributed by atoms with E-state index >= 15 is 0 Å². The molecule has 0 unspecified atom stereocenters. The number of hydrogen-bond acceptors (Lipinski definition) is 4. The molecule has 21 heavy (non-hydrogen) atoms. The highest BCUT2D eigenvalue weighted by atomic mass is 16.2. The maximum Gasteiger partial charge on any atom is 0.242 e. The number of amides is 1. The Labute approximate surface area is 121 Å². The standard InChI is InChI=1S/C15H15N5O/c1-11-6-7-12(8-16-11)9-17-15(21)10-20-14-5-3-2-4-13(14)18-19-20/h2-8H,9-10H2,1H3,(H,17,21). The van der Waals surface area contributed by atoms with E-state index in [0.29, 0.717) is 6.54 Å². The number of hydrogen-bond donors (Lipinski definition) is 1. The number of benzene rings is 1. The number of rotatable bonds is 4. The van der Waals surface area contributed by atoms with E-state index < -0.39 is 0 Å². The largest absolute Gasteiger partial charge is 0.350 e. The summed E-state index contributed by atoms with van der Waals surface area (Å²) in [5, 5.41) is 10.9. The molecule has 0 bridgehead atoms. The molecule has 2 aromatic heterocycles. The molecule has 3 aromatic rings. The Hall–Kier alpha value is -2.76. The van der Waals surface area contributed by atoms with Gasteiger partial charge < -0.3 is 5.32 Å². The molecule has 0 aliphatic heterocycles. The first-order valence-corrected chi connectivity index (χ1v) is 6.69. The minimum atomic E-state index is -0.105. The molecule has 0 saturated carbocycles. The molecule has 3 rings (SSSR count). The summed E-state index contributed by atoms with van der Waals surface area (Å²) in [6.07, 6.45) is 1.76. The lowest BCUT2D eigenvalue weighted by molar-refractivity contribution is -0.121. The third-order valence-electron chi connectivity index (χ3n) is 3.18. The predicted molar refractivity (Wildman–Crippen MR) is 78.3 cm³/mol. The van der Waals surface area contributed by atoms with Crippen molar-refractivity contribution in [2.24, 2.45) is 0 Å². The van der Waals surface area contributed by atoms with Crippen molar-refractivity contribution in [3.05, 3.63) is 53.9 Å². The Morgan fingerprint density at radius 3 is 2.90 bits per heavy atom. The fourth-order valence-corrected chi connectivity index (χ4v) is 2.03. The molecule has 0 aliphatic carbocycles. The molecule has 0 aliphatic rings. The second-order valence-corrected chi connectivity index (χ2v) is 4.82. The minimum Gasteiger partial charge on any atom is -0.350 e. The van der Waals surface area contributed by atoms with Crippen LogP contribution in [0.3, 0.4) is 0 Å². The number of nitrogens with one attached hydrogen (secondary N) is 1. The van der Waals surface area contributed by atoms with Gasteiger partial charge in [0, 0.05) is 18.4 Å². The average Bonchev–Trinajstić information content (AvgIpc) is 2.90. The maximum absolute atomic E-state index is 12.0. The lowest BCUT2D eigenvalue weighted by Gasteiger charge is -2.06. The molecule has 0 atom stereocenters. The summed E-state index contributed by atoms with van der Waals surface area (Å²) in [6.45, 7) is 2.54. The lowest BCUT2D eigenvalue weighted by Crippen LogP contribution is -2.27. The van der Waals surface area contributed by atoms with Crippen molar-refractivity contribution in [3.63, 3.8) is 0 Å². The van der Waals surface area contributed by atoms with Crippen LogP contribution in [0.25, 0.3) is 11.0 Å². The summed E-state index contributed by atoms with van der Waals surface area (Å²) in [7, 11) is 0.